The largest absolute Gasteiger partial charge is 0.335 e. The quantitative estimate of drug-likeness (QED) is 0.652. The van der Waals surface area contributed by atoms with E-state index < -0.39 is 0 Å². The number of hydrogen-bond acceptors (Lipinski definition) is 1. The highest BCUT2D eigenvalue weighted by molar-refractivity contribution is 5.75. The first kappa shape index (κ1) is 8.30. The SMILES string of the molecule is CC(C)(C)c1ccc2n[c][nH]c2c1. The Hall–Kier alpha value is -1.31. The highest BCUT2D eigenvalue weighted by Crippen LogP contribution is 2.24. The predicted octanol–water partition coefficient (Wildman–Crippen LogP) is 2.66. The molecule has 1 aromatic carbocycles. The zero-order valence-corrected chi connectivity index (χ0v) is 8.18. The van der Waals surface area contributed by atoms with E-state index in [0.717, 1.165) is 11.0 Å². The molecule has 1 heterocycles. The molecule has 0 aliphatic rings. The minimum atomic E-state index is 0.194. The molecule has 0 spiro atoms. The molecule has 0 unspecified atom stereocenters. The molecule has 0 aliphatic carbocycles. The van der Waals surface area contributed by atoms with Crippen LogP contribution in [0.3, 0.4) is 0 Å². The number of H-pyrrole nitrogens is 1. The second-order valence-electron chi connectivity index (χ2n) is 4.33. The van der Waals surface area contributed by atoms with Gasteiger partial charge in [-0.2, -0.15) is 0 Å². The smallest absolute Gasteiger partial charge is 0.174 e. The van der Waals surface area contributed by atoms with E-state index in [9.17, 15) is 0 Å². The Kier molecular flexibility index (Phi) is 1.65. The lowest BCUT2D eigenvalue weighted by Gasteiger charge is -2.18. The normalized spacial score (nSPS) is 12.2. The van der Waals surface area contributed by atoms with E-state index in [4.69, 9.17) is 0 Å². The molecule has 0 fully saturated rings. The van der Waals surface area contributed by atoms with Gasteiger partial charge in [0.2, 0.25) is 0 Å². The summed E-state index contributed by atoms with van der Waals surface area (Å²) in [6, 6.07) is 6.29. The monoisotopic (exact) mass is 173 g/mol. The number of hydrogen-bond donors (Lipinski definition) is 1. The fraction of sp³-hybridized carbons (Fsp3) is 0.364. The van der Waals surface area contributed by atoms with Gasteiger partial charge in [-0.15, -0.1) is 0 Å². The van der Waals surface area contributed by atoms with Crippen LogP contribution in [0.1, 0.15) is 26.3 Å². The summed E-state index contributed by atoms with van der Waals surface area (Å²) in [5, 5.41) is 0. The van der Waals surface area contributed by atoms with E-state index in [1.54, 1.807) is 0 Å². The van der Waals surface area contributed by atoms with Crippen LogP contribution in [0.2, 0.25) is 0 Å². The topological polar surface area (TPSA) is 28.7 Å². The van der Waals surface area contributed by atoms with Crippen molar-refractivity contribution in [2.24, 2.45) is 0 Å². The van der Waals surface area contributed by atoms with Crippen LogP contribution in [-0.2, 0) is 5.41 Å². The number of nitrogens with zero attached hydrogens (tertiary/aromatic N) is 1. The average molecular weight is 173 g/mol. The minimum absolute atomic E-state index is 0.194. The van der Waals surface area contributed by atoms with Crippen LogP contribution in [0, 0.1) is 6.33 Å². The summed E-state index contributed by atoms with van der Waals surface area (Å²) in [5.74, 6) is 0. The zero-order valence-electron chi connectivity index (χ0n) is 8.18. The van der Waals surface area contributed by atoms with Gasteiger partial charge in [-0.1, -0.05) is 26.8 Å². The lowest BCUT2D eigenvalue weighted by molar-refractivity contribution is 0.591. The van der Waals surface area contributed by atoms with E-state index >= 15 is 0 Å². The summed E-state index contributed by atoms with van der Waals surface area (Å²) in [7, 11) is 0. The average Bonchev–Trinajstić information content (AvgIpc) is 2.47. The Bertz CT molecular complexity index is 421. The second-order valence-corrected chi connectivity index (χ2v) is 4.33. The van der Waals surface area contributed by atoms with Crippen molar-refractivity contribution in [1.82, 2.24) is 9.97 Å². The van der Waals surface area contributed by atoms with Crippen molar-refractivity contribution in [3.63, 3.8) is 0 Å². The summed E-state index contributed by atoms with van der Waals surface area (Å²) in [6.45, 7) is 6.61. The van der Waals surface area contributed by atoms with Crippen LogP contribution in [-0.4, -0.2) is 9.97 Å². The standard InChI is InChI=1S/C11H13N2/c1-11(2,3)8-4-5-9-10(6-8)13-7-12-9/h4-6H,1-3H3,(H,12,13). The van der Waals surface area contributed by atoms with Gasteiger partial charge in [0, 0.05) is 0 Å². The number of imidazole rings is 1. The Morgan fingerprint density at radius 2 is 2.08 bits per heavy atom. The first-order chi connectivity index (χ1) is 6.07. The molecule has 67 valence electrons. The van der Waals surface area contributed by atoms with Gasteiger partial charge >= 0.3 is 0 Å². The third-order valence-electron chi connectivity index (χ3n) is 2.23. The van der Waals surface area contributed by atoms with Gasteiger partial charge in [-0.25, -0.2) is 4.98 Å². The van der Waals surface area contributed by atoms with Gasteiger partial charge in [-0.3, -0.25) is 0 Å². The molecule has 0 saturated heterocycles. The van der Waals surface area contributed by atoms with Crippen molar-refractivity contribution in [2.45, 2.75) is 26.2 Å². The van der Waals surface area contributed by atoms with E-state index in [1.165, 1.54) is 5.56 Å². The van der Waals surface area contributed by atoms with E-state index in [0.29, 0.717) is 0 Å². The maximum Gasteiger partial charge on any atom is 0.174 e. The van der Waals surface area contributed by atoms with Crippen LogP contribution in [0.15, 0.2) is 18.2 Å². The van der Waals surface area contributed by atoms with Crippen LogP contribution in [0.4, 0.5) is 0 Å². The molecule has 1 aromatic heterocycles. The van der Waals surface area contributed by atoms with Crippen molar-refractivity contribution < 1.29 is 0 Å². The molecule has 0 bridgehead atoms. The molecular weight excluding hydrogens is 160 g/mol. The van der Waals surface area contributed by atoms with E-state index in [1.807, 2.05) is 6.07 Å². The van der Waals surface area contributed by atoms with Crippen LogP contribution >= 0.6 is 0 Å². The van der Waals surface area contributed by atoms with Crippen LogP contribution in [0.5, 0.6) is 0 Å². The van der Waals surface area contributed by atoms with Crippen molar-refractivity contribution in [2.75, 3.05) is 0 Å². The van der Waals surface area contributed by atoms with Gasteiger partial charge in [-0.05, 0) is 23.1 Å². The fourth-order valence-electron chi connectivity index (χ4n) is 1.35. The van der Waals surface area contributed by atoms with Gasteiger partial charge in [0.25, 0.3) is 0 Å². The second kappa shape index (κ2) is 2.59. The maximum atomic E-state index is 4.06. The molecule has 1 N–H and O–H groups in total. The number of fused-ring (bicyclic) bond motifs is 1. The minimum Gasteiger partial charge on any atom is -0.335 e. The number of nitrogens with one attached hydrogen (secondary N) is 1. The summed E-state index contributed by atoms with van der Waals surface area (Å²) < 4.78 is 0. The summed E-state index contributed by atoms with van der Waals surface area (Å²) in [6.07, 6.45) is 2.74. The molecular formula is C11H13N2. The number of aromatic amines is 1. The third kappa shape index (κ3) is 1.44. The Balaban J connectivity index is 2.61. The number of rotatable bonds is 0. The zero-order chi connectivity index (χ0) is 9.47. The molecule has 2 aromatic rings. The predicted molar refractivity (Wildman–Crippen MR) is 53.6 cm³/mol. The molecule has 2 nitrogen and oxygen atoms in total. The first-order valence-corrected chi connectivity index (χ1v) is 4.44. The van der Waals surface area contributed by atoms with Gasteiger partial charge in [0.05, 0.1) is 11.0 Å². The Morgan fingerprint density at radius 3 is 2.77 bits per heavy atom. The number of aromatic nitrogens is 2. The van der Waals surface area contributed by atoms with Crippen LogP contribution in [0.25, 0.3) is 11.0 Å². The summed E-state index contributed by atoms with van der Waals surface area (Å²) in [5.41, 5.74) is 3.55. The van der Waals surface area contributed by atoms with Crippen molar-refractivity contribution in [3.8, 4) is 0 Å². The lowest BCUT2D eigenvalue weighted by atomic mass is 9.87. The van der Waals surface area contributed by atoms with Gasteiger partial charge < -0.3 is 4.98 Å². The highest BCUT2D eigenvalue weighted by atomic mass is 14.9. The molecule has 0 amide bonds. The van der Waals surface area contributed by atoms with E-state index in [-0.39, 0.29) is 5.41 Å². The fourth-order valence-corrected chi connectivity index (χ4v) is 1.35. The molecule has 2 rings (SSSR count). The third-order valence-corrected chi connectivity index (χ3v) is 2.23. The maximum absolute atomic E-state index is 4.06. The van der Waals surface area contributed by atoms with Crippen molar-refractivity contribution in [3.05, 3.63) is 30.1 Å². The van der Waals surface area contributed by atoms with E-state index in [2.05, 4.69) is 49.2 Å². The molecule has 2 heteroatoms. The molecule has 0 atom stereocenters. The van der Waals surface area contributed by atoms with Crippen molar-refractivity contribution in [1.29, 1.82) is 0 Å². The lowest BCUT2D eigenvalue weighted by Crippen LogP contribution is -2.10. The summed E-state index contributed by atoms with van der Waals surface area (Å²) in [4.78, 5) is 7.06. The van der Waals surface area contributed by atoms with Gasteiger partial charge in [0.1, 0.15) is 0 Å². The highest BCUT2D eigenvalue weighted by Gasteiger charge is 2.13. The first-order valence-electron chi connectivity index (χ1n) is 4.44. The molecule has 13 heavy (non-hydrogen) atoms. The summed E-state index contributed by atoms with van der Waals surface area (Å²) >= 11 is 0. The Morgan fingerprint density at radius 1 is 1.31 bits per heavy atom. The van der Waals surface area contributed by atoms with Gasteiger partial charge in [0.15, 0.2) is 6.33 Å². The molecule has 0 aliphatic heterocycles. The number of benzene rings is 1. The van der Waals surface area contributed by atoms with Crippen molar-refractivity contribution >= 4 is 11.0 Å². The molecule has 0 saturated carbocycles. The van der Waals surface area contributed by atoms with Crippen LogP contribution < -0.4 is 0 Å². The molecule has 1 radical (unpaired) electrons. The Labute approximate surface area is 78.0 Å².